The fourth-order valence-corrected chi connectivity index (χ4v) is 2.68. The molecule has 1 fully saturated rings. The van der Waals surface area contributed by atoms with Gasteiger partial charge in [-0.15, -0.1) is 0 Å². The Morgan fingerprint density at radius 3 is 2.58 bits per heavy atom. The van der Waals surface area contributed by atoms with Gasteiger partial charge in [-0.05, 0) is 28.8 Å². The summed E-state index contributed by atoms with van der Waals surface area (Å²) < 4.78 is 2.37. The van der Waals surface area contributed by atoms with E-state index in [1.165, 1.54) is 12.8 Å². The summed E-state index contributed by atoms with van der Waals surface area (Å²) in [7, 11) is 0. The van der Waals surface area contributed by atoms with Crippen molar-refractivity contribution in [2.45, 2.75) is 26.7 Å². The SMILES string of the molecule is CC.Nc1c(Cl)c(N2CCCC2)nc2c(Br)cnn12. The van der Waals surface area contributed by atoms with Gasteiger partial charge < -0.3 is 10.6 Å². The Morgan fingerprint density at radius 2 is 1.95 bits per heavy atom. The molecule has 1 aliphatic rings. The van der Waals surface area contributed by atoms with E-state index >= 15 is 0 Å². The van der Waals surface area contributed by atoms with Gasteiger partial charge in [0.1, 0.15) is 10.8 Å². The summed E-state index contributed by atoms with van der Waals surface area (Å²) in [6.45, 7) is 5.96. The predicted octanol–water partition coefficient (Wildman–Crippen LogP) is 3.35. The van der Waals surface area contributed by atoms with Crippen molar-refractivity contribution in [1.29, 1.82) is 0 Å². The number of hydrogen-bond donors (Lipinski definition) is 1. The van der Waals surface area contributed by atoms with Crippen molar-refractivity contribution in [1.82, 2.24) is 14.6 Å². The van der Waals surface area contributed by atoms with Crippen LogP contribution in [0.5, 0.6) is 0 Å². The lowest BCUT2D eigenvalue weighted by Crippen LogP contribution is -2.20. The predicted molar refractivity (Wildman–Crippen MR) is 82.9 cm³/mol. The Balaban J connectivity index is 0.000000637. The Hall–Kier alpha value is -1.01. The van der Waals surface area contributed by atoms with Gasteiger partial charge >= 0.3 is 0 Å². The minimum atomic E-state index is 0.435. The average Bonchev–Trinajstić information content (AvgIpc) is 3.06. The first-order valence-electron chi connectivity index (χ1n) is 6.41. The van der Waals surface area contributed by atoms with Gasteiger partial charge in [-0.2, -0.15) is 9.61 Å². The van der Waals surface area contributed by atoms with Crippen molar-refractivity contribution < 1.29 is 0 Å². The van der Waals surface area contributed by atoms with E-state index in [0.29, 0.717) is 16.5 Å². The standard InChI is InChI=1S/C10H11BrClN5.C2H6/c11-6-5-14-17-8(13)7(12)10(15-9(6)17)16-3-1-2-4-16;1-2/h5H,1-4,13H2;1-2H3. The van der Waals surface area contributed by atoms with E-state index in [1.807, 2.05) is 13.8 Å². The highest BCUT2D eigenvalue weighted by atomic mass is 79.9. The van der Waals surface area contributed by atoms with Crippen molar-refractivity contribution in [2.24, 2.45) is 0 Å². The van der Waals surface area contributed by atoms with E-state index in [0.717, 1.165) is 23.4 Å². The molecule has 2 N–H and O–H groups in total. The first-order chi connectivity index (χ1) is 9.18. The molecule has 0 saturated carbocycles. The Bertz CT molecular complexity index is 577. The van der Waals surface area contributed by atoms with Crippen molar-refractivity contribution >= 4 is 44.8 Å². The maximum atomic E-state index is 6.26. The van der Waals surface area contributed by atoms with Crippen LogP contribution in [-0.4, -0.2) is 27.7 Å². The number of nitrogen functional groups attached to an aromatic ring is 1. The lowest BCUT2D eigenvalue weighted by Gasteiger charge is -2.18. The molecule has 0 bridgehead atoms. The third-order valence-electron chi connectivity index (χ3n) is 2.97. The van der Waals surface area contributed by atoms with Crippen molar-refractivity contribution in [3.8, 4) is 0 Å². The van der Waals surface area contributed by atoms with Crippen LogP contribution in [0, 0.1) is 0 Å². The fourth-order valence-electron chi connectivity index (χ4n) is 2.09. The third-order valence-corrected chi connectivity index (χ3v) is 3.89. The van der Waals surface area contributed by atoms with Gasteiger partial charge in [-0.3, -0.25) is 0 Å². The number of rotatable bonds is 1. The Kier molecular flexibility index (Phi) is 4.52. The number of aromatic nitrogens is 3. The van der Waals surface area contributed by atoms with Gasteiger partial charge in [0.25, 0.3) is 0 Å². The van der Waals surface area contributed by atoms with E-state index in [2.05, 4.69) is 30.9 Å². The lowest BCUT2D eigenvalue weighted by atomic mass is 10.4. The van der Waals surface area contributed by atoms with Crippen molar-refractivity contribution in [3.05, 3.63) is 15.7 Å². The molecule has 0 unspecified atom stereocenters. The van der Waals surface area contributed by atoms with E-state index in [1.54, 1.807) is 10.7 Å². The van der Waals surface area contributed by atoms with Gasteiger partial charge in [0.05, 0.1) is 10.7 Å². The highest BCUT2D eigenvalue weighted by Gasteiger charge is 2.21. The van der Waals surface area contributed by atoms with Gasteiger partial charge in [0.2, 0.25) is 0 Å². The zero-order chi connectivity index (χ0) is 14.0. The molecule has 1 saturated heterocycles. The number of nitrogens with zero attached hydrogens (tertiary/aromatic N) is 4. The average molecular weight is 347 g/mol. The monoisotopic (exact) mass is 345 g/mol. The molecule has 0 atom stereocenters. The molecule has 5 nitrogen and oxygen atoms in total. The van der Waals surface area contributed by atoms with Crippen molar-refractivity contribution in [2.75, 3.05) is 23.7 Å². The summed E-state index contributed by atoms with van der Waals surface area (Å²) in [4.78, 5) is 6.71. The zero-order valence-electron chi connectivity index (χ0n) is 11.0. The molecule has 0 amide bonds. The molecular weight excluding hydrogens is 330 g/mol. The second kappa shape index (κ2) is 5.96. The molecular formula is C12H17BrClN5. The minimum Gasteiger partial charge on any atom is -0.382 e. The summed E-state index contributed by atoms with van der Waals surface area (Å²) in [5.74, 6) is 1.19. The topological polar surface area (TPSA) is 59.5 Å². The number of hydrogen-bond acceptors (Lipinski definition) is 4. The summed E-state index contributed by atoms with van der Waals surface area (Å²) in [6, 6.07) is 0. The Labute approximate surface area is 125 Å². The maximum Gasteiger partial charge on any atom is 0.174 e. The van der Waals surface area contributed by atoms with Crippen molar-refractivity contribution in [3.63, 3.8) is 0 Å². The van der Waals surface area contributed by atoms with E-state index in [9.17, 15) is 0 Å². The number of nitrogens with two attached hydrogens (primary N) is 1. The summed E-state index contributed by atoms with van der Waals surface area (Å²) in [6.07, 6.45) is 4.01. The normalized spacial score (nSPS) is 14.6. The first kappa shape index (κ1) is 14.4. The molecule has 3 heterocycles. The van der Waals surface area contributed by atoms with Gasteiger partial charge in [0, 0.05) is 13.1 Å². The van der Waals surface area contributed by atoms with Gasteiger partial charge in [0.15, 0.2) is 11.5 Å². The molecule has 0 spiro atoms. The fraction of sp³-hybridized carbons (Fsp3) is 0.500. The first-order valence-corrected chi connectivity index (χ1v) is 7.58. The summed E-state index contributed by atoms with van der Waals surface area (Å²) >= 11 is 9.66. The molecule has 0 aliphatic carbocycles. The zero-order valence-corrected chi connectivity index (χ0v) is 13.4. The molecule has 7 heteroatoms. The Morgan fingerprint density at radius 1 is 1.32 bits per heavy atom. The van der Waals surface area contributed by atoms with E-state index in [-0.39, 0.29) is 0 Å². The number of halogens is 2. The van der Waals surface area contributed by atoms with Gasteiger partial charge in [-0.1, -0.05) is 25.4 Å². The molecule has 19 heavy (non-hydrogen) atoms. The van der Waals surface area contributed by atoms with Gasteiger partial charge in [-0.25, -0.2) is 4.98 Å². The smallest absolute Gasteiger partial charge is 0.174 e. The van der Waals surface area contributed by atoms with Crippen LogP contribution < -0.4 is 10.6 Å². The highest BCUT2D eigenvalue weighted by Crippen LogP contribution is 2.33. The van der Waals surface area contributed by atoms with E-state index < -0.39 is 0 Å². The second-order valence-electron chi connectivity index (χ2n) is 4.06. The minimum absolute atomic E-state index is 0.435. The maximum absolute atomic E-state index is 6.26. The molecule has 104 valence electrons. The van der Waals surface area contributed by atoms with Crippen LogP contribution in [0.1, 0.15) is 26.7 Å². The van der Waals surface area contributed by atoms with Crippen LogP contribution in [-0.2, 0) is 0 Å². The molecule has 0 radical (unpaired) electrons. The highest BCUT2D eigenvalue weighted by molar-refractivity contribution is 9.10. The van der Waals surface area contributed by atoms with Crippen LogP contribution in [0.3, 0.4) is 0 Å². The number of anilines is 2. The third kappa shape index (κ3) is 2.51. The second-order valence-corrected chi connectivity index (χ2v) is 5.29. The summed E-state index contributed by atoms with van der Waals surface area (Å²) in [5.41, 5.74) is 6.68. The van der Waals surface area contributed by atoms with Crippen LogP contribution in [0.15, 0.2) is 10.7 Å². The quantitative estimate of drug-likeness (QED) is 0.860. The molecule has 2 aromatic rings. The molecule has 3 rings (SSSR count). The lowest BCUT2D eigenvalue weighted by molar-refractivity contribution is 0.906. The molecule has 0 aromatic carbocycles. The van der Waals surface area contributed by atoms with Crippen LogP contribution in [0.25, 0.3) is 5.65 Å². The number of fused-ring (bicyclic) bond motifs is 1. The van der Waals surface area contributed by atoms with E-state index in [4.69, 9.17) is 17.3 Å². The van der Waals surface area contributed by atoms with Crippen LogP contribution >= 0.6 is 27.5 Å². The van der Waals surface area contributed by atoms with Crippen LogP contribution in [0.4, 0.5) is 11.6 Å². The largest absolute Gasteiger partial charge is 0.382 e. The molecule has 1 aliphatic heterocycles. The molecule has 2 aromatic heterocycles. The summed E-state index contributed by atoms with van der Waals surface area (Å²) in [5, 5.41) is 4.61. The van der Waals surface area contributed by atoms with Crippen LogP contribution in [0.2, 0.25) is 5.02 Å².